The summed E-state index contributed by atoms with van der Waals surface area (Å²) >= 11 is 0. The molecule has 0 bridgehead atoms. The van der Waals surface area contributed by atoms with Crippen LogP contribution in [0.1, 0.15) is 20.8 Å². The van der Waals surface area contributed by atoms with Gasteiger partial charge in [-0.25, -0.2) is 0 Å². The van der Waals surface area contributed by atoms with Gasteiger partial charge in [0, 0.05) is 24.8 Å². The lowest BCUT2D eigenvalue weighted by molar-refractivity contribution is -0.135. The molecular formula is C17H26N2O4. The highest BCUT2D eigenvalue weighted by Crippen LogP contribution is 2.31. The number of rotatable bonds is 7. The Kier molecular flexibility index (Phi) is 6.52. The number of hydrogen-bond acceptors (Lipinski definition) is 5. The normalized spacial score (nSPS) is 15.9. The van der Waals surface area contributed by atoms with Gasteiger partial charge in [-0.2, -0.15) is 0 Å². The Bertz CT molecular complexity index is 515. The molecule has 6 nitrogen and oxygen atoms in total. The third-order valence-corrected chi connectivity index (χ3v) is 3.62. The van der Waals surface area contributed by atoms with E-state index >= 15 is 0 Å². The van der Waals surface area contributed by atoms with Crippen molar-refractivity contribution in [3.63, 3.8) is 0 Å². The van der Waals surface area contributed by atoms with E-state index in [9.17, 15) is 4.79 Å². The van der Waals surface area contributed by atoms with Gasteiger partial charge < -0.3 is 24.4 Å². The molecule has 6 heteroatoms. The first-order valence-electron chi connectivity index (χ1n) is 8.18. The van der Waals surface area contributed by atoms with E-state index in [1.165, 1.54) is 0 Å². The molecule has 1 heterocycles. The summed E-state index contributed by atoms with van der Waals surface area (Å²) in [5.41, 5.74) is 0.839. The molecule has 1 aliphatic rings. The molecule has 23 heavy (non-hydrogen) atoms. The number of nitrogens with zero attached hydrogens (tertiary/aromatic N) is 1. The van der Waals surface area contributed by atoms with Crippen molar-refractivity contribution in [3.8, 4) is 11.5 Å². The van der Waals surface area contributed by atoms with Crippen LogP contribution in [0.5, 0.6) is 11.5 Å². The van der Waals surface area contributed by atoms with E-state index in [0.717, 1.165) is 5.69 Å². The highest BCUT2D eigenvalue weighted by atomic mass is 16.5. The fourth-order valence-corrected chi connectivity index (χ4v) is 2.51. The van der Waals surface area contributed by atoms with Crippen molar-refractivity contribution < 1.29 is 19.0 Å². The second kappa shape index (κ2) is 8.62. The zero-order valence-corrected chi connectivity index (χ0v) is 14.1. The summed E-state index contributed by atoms with van der Waals surface area (Å²) < 4.78 is 16.4. The minimum absolute atomic E-state index is 0.0835. The van der Waals surface area contributed by atoms with Crippen LogP contribution in [0.2, 0.25) is 0 Å². The maximum Gasteiger partial charge on any atom is 0.244 e. The van der Waals surface area contributed by atoms with E-state index in [-0.39, 0.29) is 11.9 Å². The van der Waals surface area contributed by atoms with Crippen molar-refractivity contribution in [2.24, 2.45) is 0 Å². The minimum atomic E-state index is -0.305. The van der Waals surface area contributed by atoms with Gasteiger partial charge in [-0.1, -0.05) is 0 Å². The van der Waals surface area contributed by atoms with E-state index in [1.807, 2.05) is 43.9 Å². The van der Waals surface area contributed by atoms with E-state index in [0.29, 0.717) is 51.0 Å². The first-order valence-corrected chi connectivity index (χ1v) is 8.18. The van der Waals surface area contributed by atoms with Crippen molar-refractivity contribution in [3.05, 3.63) is 18.2 Å². The smallest absolute Gasteiger partial charge is 0.244 e. The van der Waals surface area contributed by atoms with Crippen LogP contribution in [0.3, 0.4) is 0 Å². The van der Waals surface area contributed by atoms with Crippen LogP contribution in [0.15, 0.2) is 18.2 Å². The largest absolute Gasteiger partial charge is 0.490 e. The Morgan fingerprint density at radius 3 is 2.52 bits per heavy atom. The molecule has 1 aromatic carbocycles. The Hall–Kier alpha value is -1.95. The molecule has 0 saturated carbocycles. The molecule has 1 amide bonds. The number of amides is 1. The van der Waals surface area contributed by atoms with Crippen LogP contribution < -0.4 is 14.8 Å². The highest BCUT2D eigenvalue weighted by molar-refractivity contribution is 5.84. The average Bonchev–Trinajstić information content (AvgIpc) is 2.57. The summed E-state index contributed by atoms with van der Waals surface area (Å²) in [4.78, 5) is 14.3. The zero-order chi connectivity index (χ0) is 16.7. The lowest BCUT2D eigenvalue weighted by Crippen LogP contribution is -2.46. The van der Waals surface area contributed by atoms with Crippen molar-refractivity contribution in [2.75, 3.05) is 44.8 Å². The van der Waals surface area contributed by atoms with E-state index in [4.69, 9.17) is 14.2 Å². The summed E-state index contributed by atoms with van der Waals surface area (Å²) in [6.45, 7) is 9.40. The molecule has 1 saturated heterocycles. The number of hydrogen-bond donors (Lipinski definition) is 1. The second-order valence-electron chi connectivity index (χ2n) is 5.33. The molecule has 0 aliphatic carbocycles. The topological polar surface area (TPSA) is 60.0 Å². The summed E-state index contributed by atoms with van der Waals surface area (Å²) in [6.07, 6.45) is 0. The maximum absolute atomic E-state index is 12.4. The molecular weight excluding hydrogens is 296 g/mol. The van der Waals surface area contributed by atoms with Crippen LogP contribution >= 0.6 is 0 Å². The van der Waals surface area contributed by atoms with Crippen molar-refractivity contribution in [1.82, 2.24) is 4.90 Å². The van der Waals surface area contributed by atoms with Gasteiger partial charge in [0.2, 0.25) is 5.91 Å². The lowest BCUT2D eigenvalue weighted by atomic mass is 10.2. The fourth-order valence-electron chi connectivity index (χ4n) is 2.51. The van der Waals surface area contributed by atoms with Crippen molar-refractivity contribution in [1.29, 1.82) is 0 Å². The summed E-state index contributed by atoms with van der Waals surface area (Å²) in [7, 11) is 0. The third-order valence-electron chi connectivity index (χ3n) is 3.62. The monoisotopic (exact) mass is 322 g/mol. The molecule has 0 spiro atoms. The van der Waals surface area contributed by atoms with Crippen LogP contribution in [-0.2, 0) is 9.53 Å². The van der Waals surface area contributed by atoms with Gasteiger partial charge in [-0.15, -0.1) is 0 Å². The molecule has 1 N–H and O–H groups in total. The standard InChI is InChI=1S/C17H26N2O4/c1-4-22-15-7-6-14(12-16(15)23-5-2)18-13(3)17(20)19-8-10-21-11-9-19/h6-7,12-13,18H,4-5,8-11H2,1-3H3/t13-/m1/s1. The number of ether oxygens (including phenoxy) is 3. The number of morpholine rings is 1. The van der Waals surface area contributed by atoms with Crippen LogP contribution in [0, 0.1) is 0 Å². The number of carbonyl (C=O) groups excluding carboxylic acids is 1. The van der Waals surface area contributed by atoms with Gasteiger partial charge in [0.05, 0.1) is 26.4 Å². The van der Waals surface area contributed by atoms with Crippen molar-refractivity contribution >= 4 is 11.6 Å². The van der Waals surface area contributed by atoms with Gasteiger partial charge in [0.25, 0.3) is 0 Å². The molecule has 1 aliphatic heterocycles. The number of anilines is 1. The van der Waals surface area contributed by atoms with Crippen LogP contribution in [-0.4, -0.2) is 56.4 Å². The van der Waals surface area contributed by atoms with Crippen LogP contribution in [0.25, 0.3) is 0 Å². The first-order chi connectivity index (χ1) is 11.2. The maximum atomic E-state index is 12.4. The van der Waals surface area contributed by atoms with Crippen molar-refractivity contribution in [2.45, 2.75) is 26.8 Å². The van der Waals surface area contributed by atoms with E-state index in [1.54, 1.807) is 0 Å². The second-order valence-corrected chi connectivity index (χ2v) is 5.33. The lowest BCUT2D eigenvalue weighted by Gasteiger charge is -2.29. The Morgan fingerprint density at radius 2 is 1.87 bits per heavy atom. The predicted molar refractivity (Wildman–Crippen MR) is 89.3 cm³/mol. The zero-order valence-electron chi connectivity index (χ0n) is 14.1. The number of nitrogens with one attached hydrogen (secondary N) is 1. The summed E-state index contributed by atoms with van der Waals surface area (Å²) in [5, 5.41) is 3.24. The molecule has 1 fully saturated rings. The molecule has 2 rings (SSSR count). The molecule has 128 valence electrons. The molecule has 1 atom stereocenters. The minimum Gasteiger partial charge on any atom is -0.490 e. The van der Waals surface area contributed by atoms with Crippen LogP contribution in [0.4, 0.5) is 5.69 Å². The van der Waals surface area contributed by atoms with E-state index in [2.05, 4.69) is 5.32 Å². The SMILES string of the molecule is CCOc1ccc(N[C@H](C)C(=O)N2CCOCC2)cc1OCC. The first kappa shape index (κ1) is 17.4. The Labute approximate surface area is 137 Å². The number of benzene rings is 1. The quantitative estimate of drug-likeness (QED) is 0.833. The average molecular weight is 322 g/mol. The molecule has 1 aromatic rings. The van der Waals surface area contributed by atoms with Gasteiger partial charge in [0.1, 0.15) is 6.04 Å². The van der Waals surface area contributed by atoms with Gasteiger partial charge in [-0.3, -0.25) is 4.79 Å². The highest BCUT2D eigenvalue weighted by Gasteiger charge is 2.22. The third kappa shape index (κ3) is 4.76. The summed E-state index contributed by atoms with van der Waals surface area (Å²) in [5.74, 6) is 1.48. The molecule has 0 aromatic heterocycles. The molecule has 0 unspecified atom stereocenters. The number of carbonyl (C=O) groups is 1. The van der Waals surface area contributed by atoms with E-state index < -0.39 is 0 Å². The van der Waals surface area contributed by atoms with Gasteiger partial charge in [-0.05, 0) is 32.9 Å². The fraction of sp³-hybridized carbons (Fsp3) is 0.588. The van der Waals surface area contributed by atoms with Gasteiger partial charge in [0.15, 0.2) is 11.5 Å². The summed E-state index contributed by atoms with van der Waals surface area (Å²) in [6, 6.07) is 5.33. The Balaban J connectivity index is 2.03. The Morgan fingerprint density at radius 1 is 1.22 bits per heavy atom. The van der Waals surface area contributed by atoms with Gasteiger partial charge >= 0.3 is 0 Å². The molecule has 0 radical (unpaired) electrons. The predicted octanol–water partition coefficient (Wildman–Crippen LogP) is 2.14.